The lowest BCUT2D eigenvalue weighted by Crippen LogP contribution is -2.43. The topological polar surface area (TPSA) is 99.8 Å². The molecule has 2 bridgehead atoms. The summed E-state index contributed by atoms with van der Waals surface area (Å²) >= 11 is 0. The number of aryl methyl sites for hydroxylation is 2. The van der Waals surface area contributed by atoms with Gasteiger partial charge in [0.25, 0.3) is 0 Å². The molecule has 8 nitrogen and oxygen atoms in total. The third kappa shape index (κ3) is 2.93. The zero-order valence-electron chi connectivity index (χ0n) is 15.9. The van der Waals surface area contributed by atoms with E-state index in [1.807, 2.05) is 13.8 Å². The van der Waals surface area contributed by atoms with Crippen LogP contribution in [0.15, 0.2) is 21.7 Å². The Kier molecular flexibility index (Phi) is 4.49. The molecule has 1 aliphatic heterocycles. The predicted molar refractivity (Wildman–Crippen MR) is 98.6 cm³/mol. The highest BCUT2D eigenvalue weighted by Crippen LogP contribution is 2.52. The minimum Gasteiger partial charge on any atom is -0.361 e. The van der Waals surface area contributed by atoms with E-state index in [4.69, 9.17) is 4.52 Å². The number of rotatable bonds is 5. The highest BCUT2D eigenvalue weighted by atomic mass is 16.5. The first-order valence-corrected chi connectivity index (χ1v) is 9.41. The molecule has 8 heteroatoms. The van der Waals surface area contributed by atoms with Crippen LogP contribution in [0.5, 0.6) is 0 Å². The van der Waals surface area contributed by atoms with Crippen LogP contribution in [0.1, 0.15) is 23.4 Å². The van der Waals surface area contributed by atoms with Crippen molar-refractivity contribution in [2.24, 2.45) is 28.7 Å². The third-order valence-electron chi connectivity index (χ3n) is 6.03. The number of nitrogens with zero attached hydrogens (tertiary/aromatic N) is 3. The normalized spacial score (nSPS) is 29.0. The molecule has 27 heavy (non-hydrogen) atoms. The molecule has 144 valence electrons. The largest absolute Gasteiger partial charge is 0.361 e. The van der Waals surface area contributed by atoms with Gasteiger partial charge in [-0.3, -0.25) is 19.5 Å². The maximum atomic E-state index is 12.7. The maximum Gasteiger partial charge on any atom is 0.233 e. The van der Waals surface area contributed by atoms with Crippen LogP contribution < -0.4 is 10.6 Å². The van der Waals surface area contributed by atoms with E-state index in [1.165, 1.54) is 4.90 Å². The lowest BCUT2D eigenvalue weighted by atomic mass is 9.85. The smallest absolute Gasteiger partial charge is 0.233 e. The number of imide groups is 1. The zero-order valence-corrected chi connectivity index (χ0v) is 15.9. The average Bonchev–Trinajstić information content (AvgIpc) is 3.40. The van der Waals surface area contributed by atoms with E-state index < -0.39 is 0 Å². The molecule has 1 saturated carbocycles. The Labute approximate surface area is 158 Å². The molecule has 2 fully saturated rings. The standard InChI is InChI=1S/C19H25N5O3/c1-10-14(11(2)27-23-10)9-22-19(20-3)21-6-7-24-17(25)15-12-4-5-13(8-12)16(15)18(24)26/h4-5,12-13,15-16H,6-9H2,1-3H3,(H2,20,21,22). The van der Waals surface area contributed by atoms with Crippen LogP contribution in [0.25, 0.3) is 0 Å². The van der Waals surface area contributed by atoms with E-state index in [0.717, 1.165) is 23.4 Å². The van der Waals surface area contributed by atoms with Gasteiger partial charge in [0.1, 0.15) is 5.76 Å². The molecular formula is C19H25N5O3. The molecule has 3 aliphatic rings. The first-order valence-electron chi connectivity index (χ1n) is 9.41. The van der Waals surface area contributed by atoms with Gasteiger partial charge in [-0.25, -0.2) is 0 Å². The fourth-order valence-corrected chi connectivity index (χ4v) is 4.62. The second kappa shape index (κ2) is 6.83. The van der Waals surface area contributed by atoms with Crippen molar-refractivity contribution in [3.63, 3.8) is 0 Å². The molecule has 0 aromatic carbocycles. The quantitative estimate of drug-likeness (QED) is 0.343. The van der Waals surface area contributed by atoms with E-state index in [0.29, 0.717) is 25.6 Å². The molecule has 0 spiro atoms. The monoisotopic (exact) mass is 371 g/mol. The summed E-state index contributed by atoms with van der Waals surface area (Å²) in [6.07, 6.45) is 5.18. The van der Waals surface area contributed by atoms with Gasteiger partial charge in [0, 0.05) is 32.2 Å². The number of aliphatic imine (C=N–C) groups is 1. The first kappa shape index (κ1) is 17.8. The molecule has 4 rings (SSSR count). The summed E-state index contributed by atoms with van der Waals surface area (Å²) in [6, 6.07) is 0. The van der Waals surface area contributed by atoms with Crippen molar-refractivity contribution >= 4 is 17.8 Å². The highest BCUT2D eigenvalue weighted by Gasteiger charge is 2.58. The minimum atomic E-state index is -0.135. The van der Waals surface area contributed by atoms with E-state index in [1.54, 1.807) is 7.05 Å². The number of allylic oxidation sites excluding steroid dienone is 2. The van der Waals surface area contributed by atoms with Gasteiger partial charge >= 0.3 is 0 Å². The number of amides is 2. The molecule has 2 N–H and O–H groups in total. The van der Waals surface area contributed by atoms with Gasteiger partial charge in [-0.05, 0) is 32.1 Å². The Morgan fingerprint density at radius 3 is 2.44 bits per heavy atom. The Bertz CT molecular complexity index is 778. The summed E-state index contributed by atoms with van der Waals surface area (Å²) < 4.78 is 5.16. The summed E-state index contributed by atoms with van der Waals surface area (Å²) in [6.45, 7) is 5.13. The van der Waals surface area contributed by atoms with E-state index >= 15 is 0 Å². The summed E-state index contributed by atoms with van der Waals surface area (Å²) in [4.78, 5) is 30.9. The number of hydrogen-bond acceptors (Lipinski definition) is 5. The Balaban J connectivity index is 1.29. The van der Waals surface area contributed by atoms with Crippen molar-refractivity contribution < 1.29 is 14.1 Å². The van der Waals surface area contributed by atoms with Gasteiger partial charge in [0.2, 0.25) is 11.8 Å². The van der Waals surface area contributed by atoms with Crippen molar-refractivity contribution in [2.45, 2.75) is 26.8 Å². The fraction of sp³-hybridized carbons (Fsp3) is 0.579. The van der Waals surface area contributed by atoms with Crippen molar-refractivity contribution in [1.82, 2.24) is 20.7 Å². The summed E-state index contributed by atoms with van der Waals surface area (Å²) in [5.41, 5.74) is 1.84. The van der Waals surface area contributed by atoms with E-state index in [-0.39, 0.29) is 35.5 Å². The second-order valence-corrected chi connectivity index (χ2v) is 7.48. The molecule has 2 amide bonds. The lowest BCUT2D eigenvalue weighted by Gasteiger charge is -2.18. The van der Waals surface area contributed by atoms with E-state index in [2.05, 4.69) is 32.9 Å². The molecule has 2 aliphatic carbocycles. The third-order valence-corrected chi connectivity index (χ3v) is 6.03. The molecule has 4 unspecified atom stereocenters. The average molecular weight is 371 g/mol. The summed E-state index contributed by atoms with van der Waals surface area (Å²) in [5, 5.41) is 10.3. The SMILES string of the molecule is CN=C(NCCN1C(=O)C2C3C=CC(C3)C2C1=O)NCc1c(C)noc1C. The Morgan fingerprint density at radius 1 is 1.22 bits per heavy atom. The van der Waals surface area contributed by atoms with Crippen molar-refractivity contribution in [2.75, 3.05) is 20.1 Å². The fourth-order valence-electron chi connectivity index (χ4n) is 4.62. The van der Waals surface area contributed by atoms with Crippen LogP contribution in [0.4, 0.5) is 0 Å². The highest BCUT2D eigenvalue weighted by molar-refractivity contribution is 6.06. The number of fused-ring (bicyclic) bond motifs is 5. The molecule has 1 aromatic rings. The number of carbonyl (C=O) groups is 2. The number of nitrogens with one attached hydrogen (secondary N) is 2. The number of aromatic nitrogens is 1. The van der Waals surface area contributed by atoms with Crippen LogP contribution in [0.2, 0.25) is 0 Å². The maximum absolute atomic E-state index is 12.7. The molecule has 0 radical (unpaired) electrons. The summed E-state index contributed by atoms with van der Waals surface area (Å²) in [7, 11) is 1.68. The van der Waals surface area contributed by atoms with Crippen molar-refractivity contribution in [3.8, 4) is 0 Å². The first-order chi connectivity index (χ1) is 13.0. The molecule has 4 atom stereocenters. The lowest BCUT2D eigenvalue weighted by molar-refractivity contribution is -0.140. The van der Waals surface area contributed by atoms with E-state index in [9.17, 15) is 9.59 Å². The van der Waals surface area contributed by atoms with Crippen molar-refractivity contribution in [3.05, 3.63) is 29.2 Å². The Morgan fingerprint density at radius 2 is 1.89 bits per heavy atom. The van der Waals surface area contributed by atoms with Crippen LogP contribution >= 0.6 is 0 Å². The van der Waals surface area contributed by atoms with Gasteiger partial charge in [0.05, 0.1) is 17.5 Å². The minimum absolute atomic E-state index is 0.0117. The van der Waals surface area contributed by atoms with Gasteiger partial charge < -0.3 is 15.2 Å². The number of likely N-dealkylation sites (tertiary alicyclic amines) is 1. The van der Waals surface area contributed by atoms with Crippen LogP contribution in [-0.4, -0.2) is 48.0 Å². The Hall–Kier alpha value is -2.64. The zero-order chi connectivity index (χ0) is 19.1. The van der Waals surface area contributed by atoms with Crippen molar-refractivity contribution in [1.29, 1.82) is 0 Å². The van der Waals surface area contributed by atoms with Gasteiger partial charge in [-0.1, -0.05) is 17.3 Å². The van der Waals surface area contributed by atoms with Gasteiger partial charge in [-0.15, -0.1) is 0 Å². The van der Waals surface area contributed by atoms with Gasteiger partial charge in [0.15, 0.2) is 5.96 Å². The van der Waals surface area contributed by atoms with Crippen LogP contribution in [0.3, 0.4) is 0 Å². The molecule has 1 saturated heterocycles. The second-order valence-electron chi connectivity index (χ2n) is 7.48. The number of hydrogen-bond donors (Lipinski definition) is 2. The number of guanidine groups is 1. The molecule has 2 heterocycles. The van der Waals surface area contributed by atoms with Crippen LogP contribution in [0, 0.1) is 37.5 Å². The number of carbonyl (C=O) groups excluding carboxylic acids is 2. The van der Waals surface area contributed by atoms with Crippen LogP contribution in [-0.2, 0) is 16.1 Å². The summed E-state index contributed by atoms with van der Waals surface area (Å²) in [5.74, 6) is 1.59. The molecular weight excluding hydrogens is 346 g/mol. The predicted octanol–water partition coefficient (Wildman–Crippen LogP) is 0.764. The van der Waals surface area contributed by atoms with Gasteiger partial charge in [-0.2, -0.15) is 0 Å². The molecule has 1 aromatic heterocycles.